The topological polar surface area (TPSA) is 93.8 Å². The highest BCUT2D eigenvalue weighted by molar-refractivity contribution is 5.88. The highest BCUT2D eigenvalue weighted by Gasteiger charge is 2.24. The third-order valence-corrected chi connectivity index (χ3v) is 2.94. The van der Waals surface area contributed by atoms with Gasteiger partial charge in [0.25, 0.3) is 11.6 Å². The van der Waals surface area contributed by atoms with Crippen molar-refractivity contribution in [3.05, 3.63) is 34.4 Å². The van der Waals surface area contributed by atoms with E-state index < -0.39 is 4.92 Å². The summed E-state index contributed by atoms with van der Waals surface area (Å²) in [4.78, 5) is 21.5. The van der Waals surface area contributed by atoms with Crippen molar-refractivity contribution in [2.24, 2.45) is 11.0 Å². The maximum absolute atomic E-state index is 11.5. The molecule has 0 radical (unpaired) electrons. The van der Waals surface area contributed by atoms with Gasteiger partial charge >= 0.3 is 0 Å². The number of nitro groups is 1. The van der Waals surface area contributed by atoms with E-state index in [1.165, 1.54) is 24.3 Å². The van der Waals surface area contributed by atoms with Crippen LogP contribution in [0.2, 0.25) is 0 Å². The first-order valence-electron chi connectivity index (χ1n) is 6.26. The molecule has 1 aliphatic rings. The second-order valence-corrected chi connectivity index (χ2v) is 4.60. The first-order chi connectivity index (χ1) is 9.56. The maximum Gasteiger partial charge on any atom is 0.277 e. The van der Waals surface area contributed by atoms with E-state index in [2.05, 4.69) is 10.5 Å². The molecule has 0 bridgehead atoms. The van der Waals surface area contributed by atoms with Gasteiger partial charge in [0.15, 0.2) is 6.61 Å². The lowest BCUT2D eigenvalue weighted by Gasteiger charge is -2.05. The lowest BCUT2D eigenvalue weighted by Crippen LogP contribution is -2.25. The zero-order valence-corrected chi connectivity index (χ0v) is 11.0. The summed E-state index contributed by atoms with van der Waals surface area (Å²) in [5.41, 5.74) is 3.32. The molecule has 0 saturated heterocycles. The van der Waals surface area contributed by atoms with E-state index in [1.54, 1.807) is 0 Å². The number of amides is 1. The van der Waals surface area contributed by atoms with E-state index in [0.29, 0.717) is 11.7 Å². The number of carbonyl (C=O) groups excluding carboxylic acids is 1. The van der Waals surface area contributed by atoms with Crippen LogP contribution in [0, 0.1) is 16.0 Å². The largest absolute Gasteiger partial charge is 0.484 e. The van der Waals surface area contributed by atoms with Gasteiger partial charge in [-0.05, 0) is 37.8 Å². The molecular formula is C13H15N3O4. The van der Waals surface area contributed by atoms with Crippen molar-refractivity contribution in [1.82, 2.24) is 5.43 Å². The van der Waals surface area contributed by atoms with Gasteiger partial charge in [-0.15, -0.1) is 0 Å². The van der Waals surface area contributed by atoms with Gasteiger partial charge in [-0.25, -0.2) is 5.43 Å². The molecule has 0 aliphatic heterocycles. The van der Waals surface area contributed by atoms with Crippen LogP contribution < -0.4 is 10.2 Å². The number of non-ortho nitro benzene ring substituents is 1. The second-order valence-electron chi connectivity index (χ2n) is 4.60. The summed E-state index contributed by atoms with van der Waals surface area (Å²) >= 11 is 0. The quantitative estimate of drug-likeness (QED) is 0.488. The van der Waals surface area contributed by atoms with Crippen molar-refractivity contribution in [3.63, 3.8) is 0 Å². The Hall–Kier alpha value is -2.44. The highest BCUT2D eigenvalue weighted by atomic mass is 16.6. The van der Waals surface area contributed by atoms with Crippen molar-refractivity contribution in [1.29, 1.82) is 0 Å². The van der Waals surface area contributed by atoms with Gasteiger partial charge in [0.05, 0.1) is 4.92 Å². The minimum Gasteiger partial charge on any atom is -0.484 e. The Morgan fingerprint density at radius 1 is 1.45 bits per heavy atom. The van der Waals surface area contributed by atoms with Crippen LogP contribution >= 0.6 is 0 Å². The lowest BCUT2D eigenvalue weighted by molar-refractivity contribution is -0.384. The Morgan fingerprint density at radius 3 is 2.65 bits per heavy atom. The van der Waals surface area contributed by atoms with Crippen LogP contribution in [0.3, 0.4) is 0 Å². The van der Waals surface area contributed by atoms with Crippen LogP contribution in [0.1, 0.15) is 19.8 Å². The monoisotopic (exact) mass is 277 g/mol. The van der Waals surface area contributed by atoms with Crippen molar-refractivity contribution in [2.75, 3.05) is 6.61 Å². The molecule has 1 amide bonds. The fraction of sp³-hybridized carbons (Fsp3) is 0.385. The molecule has 0 spiro atoms. The normalized spacial score (nSPS) is 14.8. The average Bonchev–Trinajstić information content (AvgIpc) is 3.27. The van der Waals surface area contributed by atoms with Gasteiger partial charge in [-0.3, -0.25) is 14.9 Å². The number of nitrogens with zero attached hydrogens (tertiary/aromatic N) is 2. The number of nitro benzene ring substituents is 1. The summed E-state index contributed by atoms with van der Waals surface area (Å²) < 4.78 is 5.21. The van der Waals surface area contributed by atoms with Crippen LogP contribution in [-0.4, -0.2) is 23.1 Å². The molecule has 2 rings (SSSR count). The molecule has 1 N–H and O–H groups in total. The number of carbonyl (C=O) groups is 1. The zero-order valence-electron chi connectivity index (χ0n) is 11.0. The molecule has 0 atom stereocenters. The molecule has 1 fully saturated rings. The SMILES string of the molecule is C/C(=N/NC(=O)COc1ccc([N+](=O)[O-])cc1)C1CC1. The minimum absolute atomic E-state index is 0.0218. The predicted molar refractivity (Wildman–Crippen MR) is 72.6 cm³/mol. The van der Waals surface area contributed by atoms with Crippen LogP contribution in [0.5, 0.6) is 5.75 Å². The molecule has 20 heavy (non-hydrogen) atoms. The fourth-order valence-corrected chi connectivity index (χ4v) is 1.59. The first kappa shape index (κ1) is 14.0. The molecule has 7 heteroatoms. The molecule has 106 valence electrons. The van der Waals surface area contributed by atoms with E-state index in [1.807, 2.05) is 6.92 Å². The van der Waals surface area contributed by atoms with Crippen LogP contribution in [0.25, 0.3) is 0 Å². The van der Waals surface area contributed by atoms with Gasteiger partial charge < -0.3 is 4.74 Å². The third kappa shape index (κ3) is 4.04. The maximum atomic E-state index is 11.5. The zero-order chi connectivity index (χ0) is 14.5. The number of rotatable bonds is 6. The van der Waals surface area contributed by atoms with E-state index >= 15 is 0 Å². The Bertz CT molecular complexity index is 535. The summed E-state index contributed by atoms with van der Waals surface area (Å²) in [6.07, 6.45) is 2.26. The van der Waals surface area contributed by atoms with Gasteiger partial charge in [0.2, 0.25) is 0 Å². The molecule has 0 heterocycles. The molecule has 1 aromatic carbocycles. The van der Waals surface area contributed by atoms with E-state index in [-0.39, 0.29) is 18.2 Å². The Balaban J connectivity index is 1.77. The summed E-state index contributed by atoms with van der Waals surface area (Å²) in [6, 6.07) is 5.54. The summed E-state index contributed by atoms with van der Waals surface area (Å²) in [7, 11) is 0. The molecule has 1 saturated carbocycles. The predicted octanol–water partition coefficient (Wildman–Crippen LogP) is 1.88. The highest BCUT2D eigenvalue weighted by Crippen LogP contribution is 2.30. The third-order valence-electron chi connectivity index (χ3n) is 2.94. The van der Waals surface area contributed by atoms with Gasteiger partial charge in [-0.1, -0.05) is 0 Å². The molecule has 0 unspecified atom stereocenters. The minimum atomic E-state index is -0.494. The van der Waals surface area contributed by atoms with Crippen molar-refractivity contribution in [2.45, 2.75) is 19.8 Å². The Labute approximate surface area is 115 Å². The Morgan fingerprint density at radius 2 is 2.10 bits per heavy atom. The van der Waals surface area contributed by atoms with Gasteiger partial charge in [0, 0.05) is 17.8 Å². The number of ether oxygens (including phenoxy) is 1. The number of hydrogen-bond donors (Lipinski definition) is 1. The van der Waals surface area contributed by atoms with Crippen molar-refractivity contribution in [3.8, 4) is 5.75 Å². The van der Waals surface area contributed by atoms with Crippen molar-refractivity contribution < 1.29 is 14.5 Å². The fourth-order valence-electron chi connectivity index (χ4n) is 1.59. The summed E-state index contributed by atoms with van der Waals surface area (Å²) in [6.45, 7) is 1.70. The van der Waals surface area contributed by atoms with Gasteiger partial charge in [-0.2, -0.15) is 5.10 Å². The van der Waals surface area contributed by atoms with Crippen LogP contribution in [-0.2, 0) is 4.79 Å². The van der Waals surface area contributed by atoms with Crippen LogP contribution in [0.15, 0.2) is 29.4 Å². The molecule has 1 aliphatic carbocycles. The molecule has 7 nitrogen and oxygen atoms in total. The van der Waals surface area contributed by atoms with Crippen LogP contribution in [0.4, 0.5) is 5.69 Å². The van der Waals surface area contributed by atoms with Gasteiger partial charge in [0.1, 0.15) is 5.75 Å². The van der Waals surface area contributed by atoms with E-state index in [4.69, 9.17) is 4.74 Å². The molecule has 1 aromatic rings. The number of hydrazone groups is 1. The van der Waals surface area contributed by atoms with E-state index in [0.717, 1.165) is 18.6 Å². The first-order valence-corrected chi connectivity index (χ1v) is 6.26. The average molecular weight is 277 g/mol. The Kier molecular flexibility index (Phi) is 4.29. The summed E-state index contributed by atoms with van der Waals surface area (Å²) in [5, 5.41) is 14.5. The smallest absolute Gasteiger partial charge is 0.277 e. The molecular weight excluding hydrogens is 262 g/mol. The standard InChI is InChI=1S/C13H15N3O4/c1-9(10-2-3-10)14-15-13(17)8-20-12-6-4-11(5-7-12)16(18)19/h4-7,10H,2-3,8H2,1H3,(H,15,17)/b14-9-. The molecule has 0 aromatic heterocycles. The summed E-state index contributed by atoms with van der Waals surface area (Å²) in [5.74, 6) is 0.544. The van der Waals surface area contributed by atoms with Crippen molar-refractivity contribution >= 4 is 17.3 Å². The second kappa shape index (κ2) is 6.14. The lowest BCUT2D eigenvalue weighted by atomic mass is 10.3. The van der Waals surface area contributed by atoms with E-state index in [9.17, 15) is 14.9 Å². The number of hydrogen-bond acceptors (Lipinski definition) is 5. The number of benzene rings is 1. The number of nitrogens with one attached hydrogen (secondary N) is 1.